The van der Waals surface area contributed by atoms with Gasteiger partial charge in [0, 0.05) is 18.2 Å². The van der Waals surface area contributed by atoms with Gasteiger partial charge in [0.15, 0.2) is 11.5 Å². The van der Waals surface area contributed by atoms with Crippen LogP contribution in [0.2, 0.25) is 0 Å². The van der Waals surface area contributed by atoms with E-state index in [4.69, 9.17) is 13.9 Å². The molecule has 7 nitrogen and oxygen atoms in total. The van der Waals surface area contributed by atoms with E-state index in [-0.39, 0.29) is 12.6 Å². The number of hydrogen-bond acceptors (Lipinski definition) is 5. The van der Waals surface area contributed by atoms with E-state index in [0.29, 0.717) is 29.7 Å². The number of amides is 2. The van der Waals surface area contributed by atoms with Crippen molar-refractivity contribution in [1.82, 2.24) is 10.3 Å². The monoisotopic (exact) mass is 319 g/mol. The van der Waals surface area contributed by atoms with Crippen LogP contribution in [-0.2, 0) is 13.0 Å². The Hall–Kier alpha value is -2.70. The fourth-order valence-corrected chi connectivity index (χ4v) is 1.95. The second-order valence-corrected chi connectivity index (χ2v) is 4.68. The largest absolute Gasteiger partial charge is 0.493 e. The van der Waals surface area contributed by atoms with Gasteiger partial charge in [-0.2, -0.15) is 0 Å². The number of nitrogens with zero attached hydrogens (tertiary/aromatic N) is 1. The van der Waals surface area contributed by atoms with Crippen LogP contribution < -0.4 is 20.1 Å². The zero-order valence-corrected chi connectivity index (χ0v) is 13.5. The van der Waals surface area contributed by atoms with Crippen molar-refractivity contribution in [3.63, 3.8) is 0 Å². The Bertz CT molecular complexity index is 655. The molecule has 0 radical (unpaired) electrons. The van der Waals surface area contributed by atoms with E-state index < -0.39 is 0 Å². The number of benzene rings is 1. The highest BCUT2D eigenvalue weighted by Crippen LogP contribution is 2.30. The number of methoxy groups -OCH3 is 1. The molecule has 1 heterocycles. The molecule has 1 aromatic heterocycles. The zero-order chi connectivity index (χ0) is 16.7. The molecule has 2 rings (SSSR count). The highest BCUT2D eigenvalue weighted by Gasteiger charge is 2.09. The number of anilines is 1. The Kier molecular flexibility index (Phi) is 5.85. The van der Waals surface area contributed by atoms with Crippen molar-refractivity contribution in [3.8, 4) is 11.5 Å². The molecule has 0 fully saturated rings. The summed E-state index contributed by atoms with van der Waals surface area (Å²) in [4.78, 5) is 16.0. The molecule has 2 N–H and O–H groups in total. The Labute approximate surface area is 135 Å². The maximum Gasteiger partial charge on any atom is 0.319 e. The molecular formula is C16H21N3O4. The molecule has 0 spiro atoms. The first kappa shape index (κ1) is 16.7. The van der Waals surface area contributed by atoms with Gasteiger partial charge in [-0.1, -0.05) is 6.92 Å². The molecule has 0 atom stereocenters. The summed E-state index contributed by atoms with van der Waals surface area (Å²) in [5, 5.41) is 5.41. The first-order chi connectivity index (χ1) is 11.2. The van der Waals surface area contributed by atoms with Gasteiger partial charge in [0.05, 0.1) is 26.5 Å². The van der Waals surface area contributed by atoms with Crippen LogP contribution in [0.25, 0.3) is 0 Å². The van der Waals surface area contributed by atoms with E-state index >= 15 is 0 Å². The van der Waals surface area contributed by atoms with Crippen molar-refractivity contribution in [3.05, 3.63) is 36.0 Å². The van der Waals surface area contributed by atoms with Crippen LogP contribution in [0.4, 0.5) is 10.5 Å². The van der Waals surface area contributed by atoms with Crippen LogP contribution in [0.5, 0.6) is 11.5 Å². The van der Waals surface area contributed by atoms with Gasteiger partial charge < -0.3 is 24.5 Å². The van der Waals surface area contributed by atoms with Gasteiger partial charge in [0.25, 0.3) is 0 Å². The fourth-order valence-electron chi connectivity index (χ4n) is 1.95. The standard InChI is InChI=1S/C16H21N3O4/c1-4-12-9-17-15(23-12)10-18-16(20)19-11-6-7-13(21-3)14(8-11)22-5-2/h6-9H,4-5,10H2,1-3H3,(H2,18,19,20). The topological polar surface area (TPSA) is 85.6 Å². The van der Waals surface area contributed by atoms with Crippen molar-refractivity contribution >= 4 is 11.7 Å². The molecule has 2 amide bonds. The number of urea groups is 1. The van der Waals surface area contributed by atoms with Gasteiger partial charge in [-0.25, -0.2) is 9.78 Å². The summed E-state index contributed by atoms with van der Waals surface area (Å²) in [7, 11) is 1.57. The van der Waals surface area contributed by atoms with Crippen molar-refractivity contribution in [2.75, 3.05) is 19.0 Å². The second kappa shape index (κ2) is 8.07. The molecule has 0 aliphatic heterocycles. The molecule has 2 aromatic rings. The molecule has 124 valence electrons. The van der Waals surface area contributed by atoms with E-state index in [1.165, 1.54) is 0 Å². The normalized spacial score (nSPS) is 10.2. The van der Waals surface area contributed by atoms with Crippen molar-refractivity contribution in [2.24, 2.45) is 0 Å². The van der Waals surface area contributed by atoms with Gasteiger partial charge in [-0.15, -0.1) is 0 Å². The predicted octanol–water partition coefficient (Wildman–Crippen LogP) is 2.97. The van der Waals surface area contributed by atoms with Crippen molar-refractivity contribution in [2.45, 2.75) is 26.8 Å². The van der Waals surface area contributed by atoms with E-state index in [9.17, 15) is 4.79 Å². The molecule has 23 heavy (non-hydrogen) atoms. The third-order valence-electron chi connectivity index (χ3n) is 3.07. The van der Waals surface area contributed by atoms with E-state index in [2.05, 4.69) is 15.6 Å². The van der Waals surface area contributed by atoms with Crippen molar-refractivity contribution in [1.29, 1.82) is 0 Å². The van der Waals surface area contributed by atoms with E-state index in [1.807, 2.05) is 13.8 Å². The Morgan fingerprint density at radius 2 is 2.13 bits per heavy atom. The summed E-state index contributed by atoms with van der Waals surface area (Å²) in [6.07, 6.45) is 2.43. The van der Waals surface area contributed by atoms with Gasteiger partial charge in [-0.3, -0.25) is 0 Å². The minimum atomic E-state index is -0.353. The lowest BCUT2D eigenvalue weighted by Crippen LogP contribution is -2.28. The summed E-state index contributed by atoms with van der Waals surface area (Å²) >= 11 is 0. The molecule has 1 aromatic carbocycles. The number of nitrogens with one attached hydrogen (secondary N) is 2. The summed E-state index contributed by atoms with van der Waals surface area (Å²) in [5.74, 6) is 2.46. The Balaban J connectivity index is 1.92. The molecule has 0 aliphatic rings. The number of carbonyl (C=O) groups is 1. The molecule has 0 saturated heterocycles. The molecule has 0 unspecified atom stereocenters. The maximum absolute atomic E-state index is 11.9. The van der Waals surface area contributed by atoms with Crippen molar-refractivity contribution < 1.29 is 18.7 Å². The Morgan fingerprint density at radius 1 is 1.30 bits per heavy atom. The van der Waals surface area contributed by atoms with Crippen LogP contribution in [0, 0.1) is 0 Å². The number of ether oxygens (including phenoxy) is 2. The minimum absolute atomic E-state index is 0.223. The van der Waals surface area contributed by atoms with Gasteiger partial charge in [-0.05, 0) is 19.1 Å². The predicted molar refractivity (Wildman–Crippen MR) is 85.9 cm³/mol. The lowest BCUT2D eigenvalue weighted by molar-refractivity contribution is 0.250. The smallest absolute Gasteiger partial charge is 0.319 e. The number of hydrogen-bond donors (Lipinski definition) is 2. The van der Waals surface area contributed by atoms with E-state index in [0.717, 1.165) is 12.2 Å². The third-order valence-corrected chi connectivity index (χ3v) is 3.07. The SMILES string of the molecule is CCOc1cc(NC(=O)NCc2ncc(CC)o2)ccc1OC. The Morgan fingerprint density at radius 3 is 2.78 bits per heavy atom. The summed E-state index contributed by atoms with van der Waals surface area (Å²) < 4.78 is 16.1. The molecule has 0 bridgehead atoms. The number of carbonyl (C=O) groups excluding carboxylic acids is 1. The number of aromatic nitrogens is 1. The summed E-state index contributed by atoms with van der Waals surface area (Å²) in [6.45, 7) is 4.59. The number of oxazole rings is 1. The van der Waals surface area contributed by atoms with Crippen LogP contribution in [0.15, 0.2) is 28.8 Å². The minimum Gasteiger partial charge on any atom is -0.493 e. The van der Waals surface area contributed by atoms with Crippen LogP contribution in [-0.4, -0.2) is 24.7 Å². The lowest BCUT2D eigenvalue weighted by Gasteiger charge is -2.12. The number of rotatable bonds is 7. The first-order valence-corrected chi connectivity index (χ1v) is 7.45. The molecular weight excluding hydrogens is 298 g/mol. The van der Waals surface area contributed by atoms with Gasteiger partial charge >= 0.3 is 6.03 Å². The second-order valence-electron chi connectivity index (χ2n) is 4.68. The van der Waals surface area contributed by atoms with Crippen LogP contribution >= 0.6 is 0 Å². The maximum atomic E-state index is 11.9. The van der Waals surface area contributed by atoms with E-state index in [1.54, 1.807) is 31.5 Å². The highest BCUT2D eigenvalue weighted by molar-refractivity contribution is 5.89. The molecule has 7 heteroatoms. The van der Waals surface area contributed by atoms with Gasteiger partial charge in [0.1, 0.15) is 5.76 Å². The zero-order valence-electron chi connectivity index (χ0n) is 13.5. The average Bonchev–Trinajstić information content (AvgIpc) is 3.02. The quantitative estimate of drug-likeness (QED) is 0.819. The number of aryl methyl sites for hydroxylation is 1. The average molecular weight is 319 g/mol. The summed E-state index contributed by atoms with van der Waals surface area (Å²) in [6, 6.07) is 4.83. The van der Waals surface area contributed by atoms with Crippen LogP contribution in [0.3, 0.4) is 0 Å². The van der Waals surface area contributed by atoms with Gasteiger partial charge in [0.2, 0.25) is 5.89 Å². The molecule has 0 aliphatic carbocycles. The molecule has 0 saturated carbocycles. The van der Waals surface area contributed by atoms with Crippen LogP contribution in [0.1, 0.15) is 25.5 Å². The third kappa shape index (κ3) is 4.64. The first-order valence-electron chi connectivity index (χ1n) is 7.45. The fraction of sp³-hybridized carbons (Fsp3) is 0.375. The highest BCUT2D eigenvalue weighted by atomic mass is 16.5. The summed E-state index contributed by atoms with van der Waals surface area (Å²) in [5.41, 5.74) is 0.605. The lowest BCUT2D eigenvalue weighted by atomic mass is 10.2.